The summed E-state index contributed by atoms with van der Waals surface area (Å²) in [7, 11) is -3.11. The Morgan fingerprint density at radius 2 is 2.03 bits per heavy atom. The molecule has 37 heavy (non-hydrogen) atoms. The number of halogens is 1. The SMILES string of the molecule is COC(=O)[C@H](C)NP(=O)(OC[C@H]1O[C@@H](n2cc(F)c(=O)[nH]c2=O)C[C@@H]1O)Oc1cccc2ccccc12. The molecule has 0 amide bonds. The fourth-order valence-electron chi connectivity index (χ4n) is 3.84. The molecule has 1 aromatic heterocycles. The summed E-state index contributed by atoms with van der Waals surface area (Å²) in [4.78, 5) is 37.2. The first kappa shape index (κ1) is 26.7. The van der Waals surface area contributed by atoms with E-state index in [1.165, 1.54) is 14.0 Å². The standard InChI is InChI=1S/C23H25FN3O9P/c1-13(22(30)33-2)26-37(32,36-18-9-5-7-14-6-3-4-8-15(14)18)34-12-19-17(28)10-20(35-19)27-11-16(24)21(29)25-23(27)31/h3-9,11,13,17,19-20,28H,10,12H2,1-2H3,(H,26,32)(H,25,29,31)/t13-,17-,19+,20+,37?/m0/s1. The molecule has 0 radical (unpaired) electrons. The van der Waals surface area contributed by atoms with Crippen LogP contribution in [0.3, 0.4) is 0 Å². The first-order chi connectivity index (χ1) is 17.6. The molecule has 1 aliphatic heterocycles. The van der Waals surface area contributed by atoms with Gasteiger partial charge in [-0.05, 0) is 18.4 Å². The molecule has 1 saturated heterocycles. The summed E-state index contributed by atoms with van der Waals surface area (Å²) >= 11 is 0. The lowest BCUT2D eigenvalue weighted by Crippen LogP contribution is -2.36. The summed E-state index contributed by atoms with van der Waals surface area (Å²) in [5.41, 5.74) is -2.11. The topological polar surface area (TPSA) is 158 Å². The quantitative estimate of drug-likeness (QED) is 0.272. The van der Waals surface area contributed by atoms with E-state index in [1.807, 2.05) is 23.2 Å². The van der Waals surface area contributed by atoms with Gasteiger partial charge in [0.05, 0.1) is 26.0 Å². The summed E-state index contributed by atoms with van der Waals surface area (Å²) in [6.07, 6.45) is -2.89. The molecule has 0 aliphatic carbocycles. The molecular formula is C23H25FN3O9P. The molecule has 14 heteroatoms. The number of rotatable bonds is 9. The molecule has 4 rings (SSSR count). The van der Waals surface area contributed by atoms with Crippen LogP contribution >= 0.6 is 7.75 Å². The highest BCUT2D eigenvalue weighted by atomic mass is 31.2. The fourth-order valence-corrected chi connectivity index (χ4v) is 5.36. The number of nitrogens with one attached hydrogen (secondary N) is 2. The van der Waals surface area contributed by atoms with Crippen molar-refractivity contribution in [3.63, 3.8) is 0 Å². The highest BCUT2D eigenvalue weighted by Crippen LogP contribution is 2.47. The number of nitrogens with zero attached hydrogens (tertiary/aromatic N) is 1. The average molecular weight is 537 g/mol. The van der Waals surface area contributed by atoms with Crippen molar-refractivity contribution in [1.29, 1.82) is 0 Å². The minimum Gasteiger partial charge on any atom is -0.468 e. The predicted octanol–water partition coefficient (Wildman–Crippen LogP) is 1.83. The van der Waals surface area contributed by atoms with E-state index in [4.69, 9.17) is 13.8 Å². The molecule has 12 nitrogen and oxygen atoms in total. The van der Waals surface area contributed by atoms with Crippen molar-refractivity contribution in [1.82, 2.24) is 14.6 Å². The number of ether oxygens (including phenoxy) is 2. The Morgan fingerprint density at radius 1 is 1.30 bits per heavy atom. The first-order valence-electron chi connectivity index (χ1n) is 11.2. The van der Waals surface area contributed by atoms with Gasteiger partial charge < -0.3 is 19.1 Å². The van der Waals surface area contributed by atoms with E-state index < -0.39 is 61.9 Å². The molecule has 0 spiro atoms. The average Bonchev–Trinajstić information content (AvgIpc) is 3.24. The van der Waals surface area contributed by atoms with Crippen molar-refractivity contribution >= 4 is 24.5 Å². The lowest BCUT2D eigenvalue weighted by Gasteiger charge is -2.25. The van der Waals surface area contributed by atoms with Crippen LogP contribution in [0.2, 0.25) is 0 Å². The minimum atomic E-state index is -4.28. The predicted molar refractivity (Wildman–Crippen MR) is 129 cm³/mol. The normalized spacial score (nSPS) is 21.9. The van der Waals surface area contributed by atoms with Crippen LogP contribution in [0.4, 0.5) is 4.39 Å². The number of hydrogen-bond acceptors (Lipinski definition) is 9. The van der Waals surface area contributed by atoms with Gasteiger partial charge in [-0.3, -0.25) is 23.7 Å². The lowest BCUT2D eigenvalue weighted by molar-refractivity contribution is -0.142. The van der Waals surface area contributed by atoms with E-state index in [9.17, 15) is 28.4 Å². The largest absolute Gasteiger partial charge is 0.468 e. The zero-order chi connectivity index (χ0) is 26.7. The Kier molecular flexibility index (Phi) is 7.90. The van der Waals surface area contributed by atoms with Crippen molar-refractivity contribution in [2.45, 2.75) is 37.8 Å². The van der Waals surface area contributed by atoms with Gasteiger partial charge in [-0.25, -0.2) is 9.36 Å². The van der Waals surface area contributed by atoms with Gasteiger partial charge in [-0.2, -0.15) is 9.48 Å². The molecule has 1 fully saturated rings. The van der Waals surface area contributed by atoms with E-state index >= 15 is 0 Å². The number of aliphatic hydroxyl groups is 1. The minimum absolute atomic E-state index is 0.139. The number of esters is 1. The van der Waals surface area contributed by atoms with Gasteiger partial charge in [0.1, 0.15) is 24.1 Å². The molecular weight excluding hydrogens is 512 g/mol. The number of methoxy groups -OCH3 is 1. The Balaban J connectivity index is 1.55. The maximum atomic E-state index is 13.8. The van der Waals surface area contributed by atoms with Crippen molar-refractivity contribution in [2.75, 3.05) is 13.7 Å². The van der Waals surface area contributed by atoms with E-state index in [-0.39, 0.29) is 12.2 Å². The maximum Gasteiger partial charge on any atom is 0.459 e. The molecule has 3 aromatic rings. The zero-order valence-electron chi connectivity index (χ0n) is 19.8. The molecule has 1 aliphatic rings. The third kappa shape index (κ3) is 5.97. The second-order valence-electron chi connectivity index (χ2n) is 8.31. The lowest BCUT2D eigenvalue weighted by atomic mass is 10.1. The zero-order valence-corrected chi connectivity index (χ0v) is 20.7. The van der Waals surface area contributed by atoms with Gasteiger partial charge in [-0.1, -0.05) is 36.4 Å². The van der Waals surface area contributed by atoms with Crippen molar-refractivity contribution in [3.05, 3.63) is 75.3 Å². The molecule has 0 saturated carbocycles. The van der Waals surface area contributed by atoms with Crippen LogP contribution in [0, 0.1) is 5.82 Å². The molecule has 2 aromatic carbocycles. The van der Waals surface area contributed by atoms with Crippen LogP contribution < -0.4 is 20.9 Å². The van der Waals surface area contributed by atoms with Gasteiger partial charge in [-0.15, -0.1) is 0 Å². The Hall–Kier alpha value is -3.35. The number of carbonyl (C=O) groups is 1. The summed E-state index contributed by atoms with van der Waals surface area (Å²) in [6, 6.07) is 11.2. The third-order valence-corrected chi connectivity index (χ3v) is 7.35. The van der Waals surface area contributed by atoms with Crippen LogP contribution in [0.5, 0.6) is 5.75 Å². The monoisotopic (exact) mass is 537 g/mol. The number of hydrogen-bond donors (Lipinski definition) is 3. The van der Waals surface area contributed by atoms with Crippen LogP contribution in [0.1, 0.15) is 19.6 Å². The first-order valence-corrected chi connectivity index (χ1v) is 12.8. The maximum absolute atomic E-state index is 13.8. The number of fused-ring (bicyclic) bond motifs is 1. The van der Waals surface area contributed by atoms with Crippen LogP contribution in [-0.4, -0.2) is 52.6 Å². The van der Waals surface area contributed by atoms with Gasteiger partial charge >= 0.3 is 19.4 Å². The number of benzene rings is 2. The Morgan fingerprint density at radius 3 is 2.78 bits per heavy atom. The number of aliphatic hydroxyl groups excluding tert-OH is 1. The molecule has 0 bridgehead atoms. The van der Waals surface area contributed by atoms with E-state index in [1.54, 1.807) is 24.3 Å². The van der Waals surface area contributed by atoms with Crippen LogP contribution in [0.15, 0.2) is 58.3 Å². The molecule has 3 N–H and O–H groups in total. The fraction of sp³-hybridized carbons (Fsp3) is 0.348. The molecule has 1 unspecified atom stereocenters. The highest BCUT2D eigenvalue weighted by Gasteiger charge is 2.39. The smallest absolute Gasteiger partial charge is 0.459 e. The third-order valence-electron chi connectivity index (χ3n) is 5.72. The van der Waals surface area contributed by atoms with Gasteiger partial charge in [0.25, 0.3) is 5.56 Å². The van der Waals surface area contributed by atoms with Crippen LogP contribution in [0.25, 0.3) is 10.8 Å². The molecule has 198 valence electrons. The number of H-pyrrole nitrogens is 1. The van der Waals surface area contributed by atoms with E-state index in [2.05, 4.69) is 9.82 Å². The Bertz CT molecular complexity index is 1450. The van der Waals surface area contributed by atoms with Crippen molar-refractivity contribution < 1.29 is 37.4 Å². The summed E-state index contributed by atoms with van der Waals surface area (Å²) < 4.78 is 49.9. The molecule has 5 atom stereocenters. The van der Waals surface area contributed by atoms with E-state index in [0.717, 1.165) is 9.95 Å². The summed E-state index contributed by atoms with van der Waals surface area (Å²) in [5.74, 6) is -1.71. The van der Waals surface area contributed by atoms with Crippen molar-refractivity contribution in [3.8, 4) is 5.75 Å². The summed E-state index contributed by atoms with van der Waals surface area (Å²) in [5, 5.41) is 14.4. The van der Waals surface area contributed by atoms with Crippen LogP contribution in [-0.2, 0) is 23.4 Å². The van der Waals surface area contributed by atoms with E-state index in [0.29, 0.717) is 11.6 Å². The van der Waals surface area contributed by atoms with Gasteiger partial charge in [0.2, 0.25) is 5.82 Å². The highest BCUT2D eigenvalue weighted by molar-refractivity contribution is 7.52. The second kappa shape index (κ2) is 11.0. The van der Waals surface area contributed by atoms with Gasteiger partial charge in [0, 0.05) is 11.8 Å². The van der Waals surface area contributed by atoms with Crippen molar-refractivity contribution in [2.24, 2.45) is 0 Å². The number of carbonyl (C=O) groups excluding carboxylic acids is 1. The number of aromatic amines is 1. The summed E-state index contributed by atoms with van der Waals surface area (Å²) in [6.45, 7) is 0.920. The van der Waals surface area contributed by atoms with Gasteiger partial charge in [0.15, 0.2) is 0 Å². The Labute approximate surface area is 209 Å². The number of aromatic nitrogens is 2. The second-order valence-corrected chi connectivity index (χ2v) is 10.0. The molecule has 2 heterocycles.